The van der Waals surface area contributed by atoms with Crippen molar-refractivity contribution in [2.45, 2.75) is 6.92 Å². The highest BCUT2D eigenvalue weighted by Gasteiger charge is 2.22. The maximum atomic E-state index is 12.6. The standard InChI is InChI=1S/C15H13BrN2O3/c1-10-6-3-4-8-12(10)17(2)15(19)11-7-5-9-13(14(11)16)18(20)21/h3-9H,1-2H3. The van der Waals surface area contributed by atoms with E-state index in [0.717, 1.165) is 11.3 Å². The third-order valence-electron chi connectivity index (χ3n) is 3.19. The molecular weight excluding hydrogens is 336 g/mol. The first kappa shape index (κ1) is 15.2. The zero-order valence-corrected chi connectivity index (χ0v) is 13.1. The summed E-state index contributed by atoms with van der Waals surface area (Å²) in [6.07, 6.45) is 0. The Kier molecular flexibility index (Phi) is 4.37. The van der Waals surface area contributed by atoms with Gasteiger partial charge >= 0.3 is 0 Å². The van der Waals surface area contributed by atoms with Crippen LogP contribution in [0.5, 0.6) is 0 Å². The van der Waals surface area contributed by atoms with E-state index in [-0.39, 0.29) is 21.6 Å². The number of rotatable bonds is 3. The number of carbonyl (C=O) groups excluding carboxylic acids is 1. The summed E-state index contributed by atoms with van der Waals surface area (Å²) in [6, 6.07) is 11.9. The van der Waals surface area contributed by atoms with Gasteiger partial charge in [-0.3, -0.25) is 14.9 Å². The number of halogens is 1. The van der Waals surface area contributed by atoms with Crippen LogP contribution in [0.1, 0.15) is 15.9 Å². The van der Waals surface area contributed by atoms with Gasteiger partial charge in [0.25, 0.3) is 11.6 Å². The number of nitrogens with zero attached hydrogens (tertiary/aromatic N) is 2. The number of aryl methyl sites for hydroxylation is 1. The van der Waals surface area contributed by atoms with Crippen LogP contribution in [0.25, 0.3) is 0 Å². The Morgan fingerprint density at radius 3 is 2.48 bits per heavy atom. The van der Waals surface area contributed by atoms with Gasteiger partial charge in [-0.2, -0.15) is 0 Å². The number of para-hydroxylation sites is 1. The fraction of sp³-hybridized carbons (Fsp3) is 0.133. The van der Waals surface area contributed by atoms with Gasteiger partial charge in [0, 0.05) is 18.8 Å². The number of nitro benzene ring substituents is 1. The molecule has 0 aliphatic rings. The van der Waals surface area contributed by atoms with Crippen LogP contribution >= 0.6 is 15.9 Å². The Bertz CT molecular complexity index is 716. The van der Waals surface area contributed by atoms with Crippen molar-refractivity contribution in [1.82, 2.24) is 0 Å². The van der Waals surface area contributed by atoms with Crippen LogP contribution < -0.4 is 4.90 Å². The number of hydrogen-bond acceptors (Lipinski definition) is 3. The SMILES string of the molecule is Cc1ccccc1N(C)C(=O)c1cccc([N+](=O)[O-])c1Br. The lowest BCUT2D eigenvalue weighted by atomic mass is 10.1. The van der Waals surface area contributed by atoms with Crippen LogP contribution in [0.3, 0.4) is 0 Å². The van der Waals surface area contributed by atoms with Crippen molar-refractivity contribution in [2.75, 3.05) is 11.9 Å². The quantitative estimate of drug-likeness (QED) is 0.623. The third-order valence-corrected chi connectivity index (χ3v) is 4.02. The first-order valence-corrected chi connectivity index (χ1v) is 6.99. The summed E-state index contributed by atoms with van der Waals surface area (Å²) in [7, 11) is 1.65. The number of hydrogen-bond donors (Lipinski definition) is 0. The molecule has 0 N–H and O–H groups in total. The van der Waals surface area contributed by atoms with E-state index >= 15 is 0 Å². The lowest BCUT2D eigenvalue weighted by Gasteiger charge is -2.20. The Labute approximate surface area is 130 Å². The van der Waals surface area contributed by atoms with E-state index in [1.807, 2.05) is 31.2 Å². The number of nitro groups is 1. The molecule has 1 amide bonds. The molecule has 2 aromatic carbocycles. The molecule has 0 atom stereocenters. The number of carbonyl (C=O) groups is 1. The second-order valence-electron chi connectivity index (χ2n) is 4.55. The predicted molar refractivity (Wildman–Crippen MR) is 84.7 cm³/mol. The second-order valence-corrected chi connectivity index (χ2v) is 5.34. The first-order valence-electron chi connectivity index (χ1n) is 6.20. The summed E-state index contributed by atoms with van der Waals surface area (Å²) < 4.78 is 0.195. The minimum Gasteiger partial charge on any atom is -0.311 e. The molecule has 6 heteroatoms. The van der Waals surface area contributed by atoms with Crippen molar-refractivity contribution in [3.63, 3.8) is 0 Å². The molecule has 0 radical (unpaired) electrons. The van der Waals surface area contributed by atoms with E-state index in [1.54, 1.807) is 13.1 Å². The van der Waals surface area contributed by atoms with Gasteiger partial charge in [-0.25, -0.2) is 0 Å². The second kappa shape index (κ2) is 6.05. The molecule has 0 fully saturated rings. The summed E-state index contributed by atoms with van der Waals surface area (Å²) in [6.45, 7) is 1.90. The molecule has 5 nitrogen and oxygen atoms in total. The van der Waals surface area contributed by atoms with Gasteiger partial charge in [-0.05, 0) is 40.5 Å². The number of amides is 1. The van der Waals surface area contributed by atoms with Crippen LogP contribution in [-0.4, -0.2) is 17.9 Å². The van der Waals surface area contributed by atoms with E-state index in [2.05, 4.69) is 15.9 Å². The molecule has 21 heavy (non-hydrogen) atoms. The van der Waals surface area contributed by atoms with E-state index < -0.39 is 4.92 Å². The molecule has 2 rings (SSSR count). The molecule has 0 saturated heterocycles. The molecule has 0 unspecified atom stereocenters. The molecular formula is C15H13BrN2O3. The Morgan fingerprint density at radius 2 is 1.86 bits per heavy atom. The van der Waals surface area contributed by atoms with Gasteiger partial charge in [-0.15, -0.1) is 0 Å². The Balaban J connectivity index is 2.44. The van der Waals surface area contributed by atoms with E-state index in [0.29, 0.717) is 0 Å². The smallest absolute Gasteiger partial charge is 0.284 e. The lowest BCUT2D eigenvalue weighted by Crippen LogP contribution is -2.27. The highest BCUT2D eigenvalue weighted by Crippen LogP contribution is 2.30. The van der Waals surface area contributed by atoms with Gasteiger partial charge in [0.15, 0.2) is 0 Å². The highest BCUT2D eigenvalue weighted by molar-refractivity contribution is 9.10. The summed E-state index contributed by atoms with van der Waals surface area (Å²) in [5.41, 5.74) is 1.85. The fourth-order valence-electron chi connectivity index (χ4n) is 2.06. The largest absolute Gasteiger partial charge is 0.311 e. The molecule has 108 valence electrons. The van der Waals surface area contributed by atoms with Crippen LogP contribution in [0.15, 0.2) is 46.9 Å². The van der Waals surface area contributed by atoms with Crippen molar-refractivity contribution in [1.29, 1.82) is 0 Å². The van der Waals surface area contributed by atoms with Crippen LogP contribution in [-0.2, 0) is 0 Å². The minimum atomic E-state index is -0.519. The minimum absolute atomic E-state index is 0.126. The predicted octanol–water partition coefficient (Wildman–Crippen LogP) is 3.94. The average Bonchev–Trinajstić information content (AvgIpc) is 2.46. The average molecular weight is 349 g/mol. The molecule has 0 saturated carbocycles. The van der Waals surface area contributed by atoms with Gasteiger partial charge in [0.2, 0.25) is 0 Å². The zero-order chi connectivity index (χ0) is 15.6. The fourth-order valence-corrected chi connectivity index (χ4v) is 2.63. The normalized spacial score (nSPS) is 10.2. The highest BCUT2D eigenvalue weighted by atomic mass is 79.9. The Hall–Kier alpha value is -2.21. The van der Waals surface area contributed by atoms with Crippen LogP contribution in [0.2, 0.25) is 0 Å². The first-order chi connectivity index (χ1) is 9.93. The van der Waals surface area contributed by atoms with Crippen molar-refractivity contribution >= 4 is 33.2 Å². The molecule has 0 aromatic heterocycles. The molecule has 0 aliphatic carbocycles. The van der Waals surface area contributed by atoms with Crippen LogP contribution in [0.4, 0.5) is 11.4 Å². The van der Waals surface area contributed by atoms with Gasteiger partial charge < -0.3 is 4.90 Å². The van der Waals surface area contributed by atoms with Gasteiger partial charge in [0.1, 0.15) is 4.47 Å². The van der Waals surface area contributed by atoms with E-state index in [1.165, 1.54) is 17.0 Å². The topological polar surface area (TPSA) is 63.5 Å². The molecule has 0 heterocycles. The van der Waals surface area contributed by atoms with Crippen molar-refractivity contribution in [3.05, 3.63) is 68.2 Å². The van der Waals surface area contributed by atoms with E-state index in [9.17, 15) is 14.9 Å². The lowest BCUT2D eigenvalue weighted by molar-refractivity contribution is -0.385. The molecule has 0 bridgehead atoms. The number of anilines is 1. The third kappa shape index (κ3) is 2.95. The van der Waals surface area contributed by atoms with E-state index in [4.69, 9.17) is 0 Å². The van der Waals surface area contributed by atoms with Gasteiger partial charge in [-0.1, -0.05) is 24.3 Å². The summed E-state index contributed by atoms with van der Waals surface area (Å²) in [5, 5.41) is 10.9. The zero-order valence-electron chi connectivity index (χ0n) is 11.5. The maximum absolute atomic E-state index is 12.6. The van der Waals surface area contributed by atoms with Crippen molar-refractivity contribution < 1.29 is 9.72 Å². The van der Waals surface area contributed by atoms with Gasteiger partial charge in [0.05, 0.1) is 10.5 Å². The summed E-state index contributed by atoms with van der Waals surface area (Å²) in [4.78, 5) is 24.5. The van der Waals surface area contributed by atoms with Crippen LogP contribution in [0, 0.1) is 17.0 Å². The maximum Gasteiger partial charge on any atom is 0.284 e. The van der Waals surface area contributed by atoms with Crippen molar-refractivity contribution in [2.24, 2.45) is 0 Å². The summed E-state index contributed by atoms with van der Waals surface area (Å²) >= 11 is 3.15. The number of benzene rings is 2. The monoisotopic (exact) mass is 348 g/mol. The molecule has 0 spiro atoms. The summed E-state index contributed by atoms with van der Waals surface area (Å²) in [5.74, 6) is -0.306. The molecule has 2 aromatic rings. The molecule has 0 aliphatic heterocycles. The Morgan fingerprint density at radius 1 is 1.19 bits per heavy atom. The van der Waals surface area contributed by atoms with Crippen molar-refractivity contribution in [3.8, 4) is 0 Å².